The fourth-order valence-corrected chi connectivity index (χ4v) is 4.86. The topological polar surface area (TPSA) is 111 Å². The third-order valence-electron chi connectivity index (χ3n) is 5.56. The van der Waals surface area contributed by atoms with E-state index in [9.17, 15) is 9.59 Å². The number of aryl methyl sites for hydroxylation is 2. The van der Waals surface area contributed by atoms with Crippen molar-refractivity contribution >= 4 is 55.0 Å². The monoisotopic (exact) mass is 614 g/mol. The molecule has 0 saturated carbocycles. The highest BCUT2D eigenvalue weighted by molar-refractivity contribution is 9.11. The van der Waals surface area contributed by atoms with Crippen LogP contribution in [-0.4, -0.2) is 47.4 Å². The van der Waals surface area contributed by atoms with Gasteiger partial charge in [0.25, 0.3) is 0 Å². The summed E-state index contributed by atoms with van der Waals surface area (Å²) in [6.45, 7) is 5.73. The van der Waals surface area contributed by atoms with Crippen LogP contribution in [0.15, 0.2) is 58.3 Å². The highest BCUT2D eigenvalue weighted by Gasteiger charge is 2.22. The molecule has 186 valence electrons. The van der Waals surface area contributed by atoms with Crippen LogP contribution in [0.4, 0.5) is 11.4 Å². The number of nitrogens with zero attached hydrogens (tertiary/aromatic N) is 7. The van der Waals surface area contributed by atoms with Crippen molar-refractivity contribution in [3.05, 3.63) is 69.9 Å². The van der Waals surface area contributed by atoms with Gasteiger partial charge in [0.15, 0.2) is 11.6 Å². The molecule has 0 fully saturated rings. The zero-order valence-corrected chi connectivity index (χ0v) is 23.1. The molecule has 0 aliphatic rings. The largest absolute Gasteiger partial charge is 0.325 e. The third-order valence-corrected chi connectivity index (χ3v) is 7.10. The Labute approximate surface area is 225 Å². The van der Waals surface area contributed by atoms with E-state index in [1.165, 1.54) is 0 Å². The first-order valence-corrected chi connectivity index (χ1v) is 12.8. The molecule has 0 atom stereocenters. The minimum atomic E-state index is -0.236. The van der Waals surface area contributed by atoms with Crippen LogP contribution in [0.3, 0.4) is 0 Å². The van der Waals surface area contributed by atoms with Gasteiger partial charge in [-0.15, -0.1) is 0 Å². The van der Waals surface area contributed by atoms with E-state index >= 15 is 0 Å². The van der Waals surface area contributed by atoms with Gasteiger partial charge >= 0.3 is 0 Å². The Morgan fingerprint density at radius 1 is 0.889 bits per heavy atom. The molecule has 36 heavy (non-hydrogen) atoms. The Balaban J connectivity index is 1.53. The van der Waals surface area contributed by atoms with Crippen molar-refractivity contribution in [2.24, 2.45) is 0 Å². The van der Waals surface area contributed by atoms with E-state index in [0.29, 0.717) is 38.4 Å². The molecule has 0 saturated heterocycles. The lowest BCUT2D eigenvalue weighted by atomic mass is 10.2. The molecule has 0 aliphatic carbocycles. The maximum atomic E-state index is 12.9. The minimum absolute atomic E-state index is 0.0914. The number of nitrogens with one attached hydrogen (secondary N) is 1. The quantitative estimate of drug-likeness (QED) is 0.306. The number of aromatic nitrogens is 6. The first-order chi connectivity index (χ1) is 17.3. The van der Waals surface area contributed by atoms with E-state index in [0.717, 1.165) is 11.6 Å². The van der Waals surface area contributed by atoms with Crippen molar-refractivity contribution in [2.45, 2.75) is 33.6 Å². The molecule has 4 aromatic heterocycles. The molecule has 2 amide bonds. The van der Waals surface area contributed by atoms with Crippen molar-refractivity contribution in [3.63, 3.8) is 0 Å². The molecular formula is C24H24Br2N8O2. The Morgan fingerprint density at radius 3 is 2.03 bits per heavy atom. The molecule has 0 spiro atoms. The van der Waals surface area contributed by atoms with Gasteiger partial charge in [0.2, 0.25) is 11.8 Å². The van der Waals surface area contributed by atoms with E-state index in [1.54, 1.807) is 61.1 Å². The number of pyridine rings is 2. The molecule has 0 radical (unpaired) electrons. The molecule has 10 nitrogen and oxygen atoms in total. The predicted molar refractivity (Wildman–Crippen MR) is 143 cm³/mol. The Hall–Kier alpha value is -3.38. The van der Waals surface area contributed by atoms with Gasteiger partial charge < -0.3 is 10.2 Å². The molecule has 12 heteroatoms. The van der Waals surface area contributed by atoms with E-state index in [1.807, 2.05) is 23.0 Å². The van der Waals surface area contributed by atoms with Crippen LogP contribution in [0.2, 0.25) is 0 Å². The number of hydrogen-bond donors (Lipinski definition) is 1. The van der Waals surface area contributed by atoms with E-state index in [2.05, 4.69) is 57.1 Å². The fraction of sp³-hybridized carbons (Fsp3) is 0.250. The lowest BCUT2D eigenvalue weighted by Crippen LogP contribution is -2.34. The van der Waals surface area contributed by atoms with Crippen LogP contribution in [0.1, 0.15) is 31.4 Å². The highest BCUT2D eigenvalue weighted by atomic mass is 79.9. The van der Waals surface area contributed by atoms with Crippen molar-refractivity contribution in [1.82, 2.24) is 29.1 Å². The van der Waals surface area contributed by atoms with Gasteiger partial charge in [0.05, 0.1) is 20.3 Å². The van der Waals surface area contributed by atoms with Gasteiger partial charge in [-0.3, -0.25) is 18.7 Å². The molecule has 0 aromatic carbocycles. The van der Waals surface area contributed by atoms with E-state index in [-0.39, 0.29) is 24.8 Å². The summed E-state index contributed by atoms with van der Waals surface area (Å²) in [5.41, 5.74) is 1.21. The molecule has 4 rings (SSSR count). The second kappa shape index (κ2) is 11.1. The summed E-state index contributed by atoms with van der Waals surface area (Å²) in [6.07, 6.45) is 10.6. The highest BCUT2D eigenvalue weighted by Crippen LogP contribution is 2.32. The zero-order valence-electron chi connectivity index (χ0n) is 19.9. The smallest absolute Gasteiger partial charge is 0.226 e. The van der Waals surface area contributed by atoms with Crippen molar-refractivity contribution in [3.8, 4) is 11.6 Å². The van der Waals surface area contributed by atoms with Crippen LogP contribution < -0.4 is 10.2 Å². The number of anilines is 2. The first kappa shape index (κ1) is 25.7. The summed E-state index contributed by atoms with van der Waals surface area (Å²) in [6, 6.07) is 3.47. The summed E-state index contributed by atoms with van der Waals surface area (Å²) >= 11 is 7.16. The van der Waals surface area contributed by atoms with Crippen LogP contribution in [-0.2, 0) is 9.59 Å². The number of hydrogen-bond acceptors (Lipinski definition) is 6. The van der Waals surface area contributed by atoms with Gasteiger partial charge in [-0.1, -0.05) is 6.92 Å². The van der Waals surface area contributed by atoms with Crippen molar-refractivity contribution in [2.75, 3.05) is 16.8 Å². The number of amides is 2. The van der Waals surface area contributed by atoms with Gasteiger partial charge in [0.1, 0.15) is 11.6 Å². The molecule has 0 bridgehead atoms. The van der Waals surface area contributed by atoms with E-state index in [4.69, 9.17) is 0 Å². The van der Waals surface area contributed by atoms with Gasteiger partial charge in [-0.05, 0) is 57.8 Å². The minimum Gasteiger partial charge on any atom is -0.325 e. The summed E-state index contributed by atoms with van der Waals surface area (Å²) in [7, 11) is 0. The Morgan fingerprint density at radius 2 is 1.47 bits per heavy atom. The maximum absolute atomic E-state index is 12.9. The lowest BCUT2D eigenvalue weighted by Gasteiger charge is -2.24. The van der Waals surface area contributed by atoms with Crippen LogP contribution in [0.25, 0.3) is 11.6 Å². The Bertz CT molecular complexity index is 1410. The van der Waals surface area contributed by atoms with Crippen LogP contribution in [0.5, 0.6) is 0 Å². The molecular weight excluding hydrogens is 592 g/mol. The number of carbonyl (C=O) groups is 2. The van der Waals surface area contributed by atoms with Gasteiger partial charge in [0, 0.05) is 56.6 Å². The summed E-state index contributed by atoms with van der Waals surface area (Å²) in [5, 5.41) is 2.92. The molecule has 0 unspecified atom stereocenters. The summed E-state index contributed by atoms with van der Waals surface area (Å²) in [4.78, 5) is 44.7. The number of imidazole rings is 2. The van der Waals surface area contributed by atoms with Crippen LogP contribution in [0, 0.1) is 13.8 Å². The SMILES string of the molecule is CCC(=O)N(CCC(=O)Nc1ccnc(-n2ccnc2C)c1Br)c1ccnc(-n2ccnc2C)c1Br. The maximum Gasteiger partial charge on any atom is 0.226 e. The molecule has 0 aliphatic heterocycles. The van der Waals surface area contributed by atoms with Crippen LogP contribution >= 0.6 is 31.9 Å². The van der Waals surface area contributed by atoms with Gasteiger partial charge in [-0.25, -0.2) is 19.9 Å². The summed E-state index contributed by atoms with van der Waals surface area (Å²) in [5.74, 6) is 2.43. The molecule has 4 heterocycles. The first-order valence-electron chi connectivity index (χ1n) is 11.2. The zero-order chi connectivity index (χ0) is 25.8. The molecule has 1 N–H and O–H groups in total. The average molecular weight is 616 g/mol. The Kier molecular flexibility index (Phi) is 7.94. The normalized spacial score (nSPS) is 10.9. The van der Waals surface area contributed by atoms with E-state index < -0.39 is 0 Å². The predicted octanol–water partition coefficient (Wildman–Crippen LogP) is 4.76. The van der Waals surface area contributed by atoms with Crippen molar-refractivity contribution < 1.29 is 9.59 Å². The second-order valence-corrected chi connectivity index (χ2v) is 9.44. The standard InChI is InChI=1S/C24H24Br2N8O2/c1-4-20(36)34(18-6-9-30-24(22(18)26)33-14-11-28-16(33)3)12-7-19(35)31-17-5-8-29-23(21(17)25)32-13-10-27-15(32)2/h5-6,8-11,13-14H,4,7,12H2,1-3H3,(H,29,31,35). The number of carbonyl (C=O) groups excluding carboxylic acids is 2. The third kappa shape index (κ3) is 5.24. The molecule has 4 aromatic rings. The second-order valence-electron chi connectivity index (χ2n) is 7.85. The lowest BCUT2D eigenvalue weighted by molar-refractivity contribution is -0.118. The average Bonchev–Trinajstić information content (AvgIpc) is 3.49. The van der Waals surface area contributed by atoms with Crippen molar-refractivity contribution in [1.29, 1.82) is 0 Å². The number of rotatable bonds is 8. The fourth-order valence-electron chi connectivity index (χ4n) is 3.70. The van der Waals surface area contributed by atoms with Gasteiger partial charge in [-0.2, -0.15) is 0 Å². The number of halogens is 2. The summed E-state index contributed by atoms with van der Waals surface area (Å²) < 4.78 is 4.93.